The van der Waals surface area contributed by atoms with E-state index in [0.717, 1.165) is 5.56 Å². The number of carbonyl (C=O) groups excluding carboxylic acids is 2. The van der Waals surface area contributed by atoms with Gasteiger partial charge in [0.05, 0.1) is 11.4 Å². The van der Waals surface area contributed by atoms with E-state index in [1.807, 2.05) is 48.5 Å². The number of benzene rings is 1. The van der Waals surface area contributed by atoms with Crippen molar-refractivity contribution >= 4 is 22.2 Å². The monoisotopic (exact) mass is 553 g/mol. The molecule has 0 aliphatic carbocycles. The fourth-order valence-corrected chi connectivity index (χ4v) is 6.44. The van der Waals surface area contributed by atoms with E-state index < -0.39 is 61.8 Å². The van der Waals surface area contributed by atoms with Crippen molar-refractivity contribution in [3.63, 3.8) is 0 Å². The summed E-state index contributed by atoms with van der Waals surface area (Å²) < 4.78 is 44.6. The van der Waals surface area contributed by atoms with E-state index in [1.54, 1.807) is 53.7 Å². The Morgan fingerprint density at radius 2 is 1.32 bits per heavy atom. The lowest BCUT2D eigenvalue weighted by molar-refractivity contribution is -0.184. The lowest BCUT2D eigenvalue weighted by atomic mass is 9.58. The number of ether oxygens (including phenoxy) is 2. The first kappa shape index (κ1) is 32.1. The molecule has 1 fully saturated rings. The molecule has 0 N–H and O–H groups in total. The lowest BCUT2D eigenvalue weighted by Crippen LogP contribution is -2.67. The maximum Gasteiger partial charge on any atom is 0.411 e. The van der Waals surface area contributed by atoms with Crippen molar-refractivity contribution < 1.29 is 31.7 Å². The molecule has 1 aliphatic rings. The highest BCUT2D eigenvalue weighted by Gasteiger charge is 2.71. The number of esters is 1. The molecule has 1 amide bonds. The summed E-state index contributed by atoms with van der Waals surface area (Å²) in [4.78, 5) is 29.4. The predicted octanol–water partition coefficient (Wildman–Crippen LogP) is 6.11. The Morgan fingerprint density at radius 1 is 0.842 bits per heavy atom. The third kappa shape index (κ3) is 6.71. The molecular weight excluding hydrogens is 506 g/mol. The van der Waals surface area contributed by atoms with E-state index in [0.29, 0.717) is 0 Å². The van der Waals surface area contributed by atoms with E-state index in [9.17, 15) is 18.0 Å². The first-order valence-electron chi connectivity index (χ1n) is 13.1. The van der Waals surface area contributed by atoms with Gasteiger partial charge in [-0.2, -0.15) is 8.42 Å². The zero-order valence-electron chi connectivity index (χ0n) is 25.4. The van der Waals surface area contributed by atoms with Crippen molar-refractivity contribution in [1.29, 1.82) is 0 Å². The lowest BCUT2D eigenvalue weighted by Gasteiger charge is -2.52. The van der Waals surface area contributed by atoms with Crippen LogP contribution in [0.4, 0.5) is 4.79 Å². The number of amides is 1. The van der Waals surface area contributed by atoms with E-state index >= 15 is 0 Å². The van der Waals surface area contributed by atoms with Gasteiger partial charge in [-0.15, -0.1) is 0 Å². The molecule has 1 heterocycles. The van der Waals surface area contributed by atoms with Gasteiger partial charge >= 0.3 is 12.1 Å². The third-order valence-corrected chi connectivity index (χ3v) is 7.92. The zero-order chi connectivity index (χ0) is 29.7. The van der Waals surface area contributed by atoms with Crippen LogP contribution in [0, 0.1) is 23.7 Å². The molecule has 0 radical (unpaired) electrons. The van der Waals surface area contributed by atoms with E-state index in [-0.39, 0.29) is 11.4 Å². The SMILES string of the molecule is Cc1ccc(S(=O)(=O)O[C@H]2CN(C(=O)OC(C)(C)C)[C@](C(=O)OC(C)(C)C)(C(C)(C)C)C2C(C)(C)C)cc1. The van der Waals surface area contributed by atoms with Gasteiger partial charge in [0.25, 0.3) is 10.1 Å². The zero-order valence-corrected chi connectivity index (χ0v) is 26.2. The molecule has 38 heavy (non-hydrogen) atoms. The molecule has 1 unspecified atom stereocenters. The molecule has 0 spiro atoms. The smallest absolute Gasteiger partial charge is 0.411 e. The summed E-state index contributed by atoms with van der Waals surface area (Å²) in [6, 6.07) is 6.36. The van der Waals surface area contributed by atoms with Gasteiger partial charge < -0.3 is 9.47 Å². The average Bonchev–Trinajstić information content (AvgIpc) is 3.01. The molecular formula is C29H47NO7S. The molecule has 1 aromatic carbocycles. The van der Waals surface area contributed by atoms with Crippen LogP contribution in [0.25, 0.3) is 0 Å². The Hall–Kier alpha value is -2.13. The number of carbonyl (C=O) groups is 2. The van der Waals surface area contributed by atoms with Gasteiger partial charge in [-0.05, 0) is 71.4 Å². The largest absolute Gasteiger partial charge is 0.458 e. The molecule has 3 atom stereocenters. The second-order valence-corrected chi connectivity index (χ2v) is 15.9. The fraction of sp³-hybridized carbons (Fsp3) is 0.724. The Balaban J connectivity index is 2.82. The highest BCUT2D eigenvalue weighted by Crippen LogP contribution is 2.56. The van der Waals surface area contributed by atoms with Gasteiger partial charge in [-0.1, -0.05) is 59.2 Å². The van der Waals surface area contributed by atoms with Crippen LogP contribution < -0.4 is 0 Å². The van der Waals surface area contributed by atoms with Gasteiger partial charge in [0, 0.05) is 5.92 Å². The standard InChI is InChI=1S/C29H47NO7S/c1-19-14-16-20(17-15-19)38(33,34)37-21-18-30(24(32)36-28(11,12)13)29(26(5,6)7,22(21)25(2,3)4)23(31)35-27(8,9)10/h14-17,21-22H,18H2,1-13H3/t21-,22?,29+/m0/s1. The molecule has 0 saturated carbocycles. The molecule has 216 valence electrons. The van der Waals surface area contributed by atoms with Crippen LogP contribution in [0.2, 0.25) is 0 Å². The highest BCUT2D eigenvalue weighted by molar-refractivity contribution is 7.86. The van der Waals surface area contributed by atoms with Crippen LogP contribution in [0.3, 0.4) is 0 Å². The van der Waals surface area contributed by atoms with Gasteiger partial charge in [0.1, 0.15) is 17.3 Å². The quantitative estimate of drug-likeness (QED) is 0.328. The summed E-state index contributed by atoms with van der Waals surface area (Å²) in [6.45, 7) is 23.5. The topological polar surface area (TPSA) is 99.2 Å². The van der Waals surface area contributed by atoms with Crippen molar-refractivity contribution in [2.75, 3.05) is 6.54 Å². The number of aryl methyl sites for hydroxylation is 1. The Morgan fingerprint density at radius 3 is 1.71 bits per heavy atom. The van der Waals surface area contributed by atoms with E-state index in [1.165, 1.54) is 17.0 Å². The van der Waals surface area contributed by atoms with Crippen molar-refractivity contribution in [2.45, 2.75) is 118 Å². The number of likely N-dealkylation sites (tertiary alicyclic amines) is 1. The maximum absolute atomic E-state index is 14.3. The average molecular weight is 554 g/mol. The maximum atomic E-state index is 14.3. The van der Waals surface area contributed by atoms with Crippen LogP contribution in [0.15, 0.2) is 29.2 Å². The van der Waals surface area contributed by atoms with Crippen molar-refractivity contribution in [3.8, 4) is 0 Å². The second-order valence-electron chi connectivity index (χ2n) is 14.4. The third-order valence-electron chi connectivity index (χ3n) is 6.57. The molecule has 8 nitrogen and oxygen atoms in total. The fourth-order valence-electron chi connectivity index (χ4n) is 5.37. The number of rotatable bonds is 4. The minimum absolute atomic E-state index is 0.00473. The number of hydrogen-bond donors (Lipinski definition) is 0. The molecule has 2 rings (SSSR count). The van der Waals surface area contributed by atoms with Gasteiger partial charge in [-0.25, -0.2) is 9.59 Å². The molecule has 9 heteroatoms. The molecule has 1 aromatic rings. The minimum atomic E-state index is -4.23. The van der Waals surface area contributed by atoms with Crippen LogP contribution in [0.1, 0.15) is 88.6 Å². The van der Waals surface area contributed by atoms with Crippen LogP contribution in [-0.2, 0) is 28.6 Å². The van der Waals surface area contributed by atoms with E-state index in [4.69, 9.17) is 13.7 Å². The number of nitrogens with zero attached hydrogens (tertiary/aromatic N) is 1. The Kier molecular flexibility index (Phi) is 8.54. The summed E-state index contributed by atoms with van der Waals surface area (Å²) in [7, 11) is -4.23. The Labute approximate surface area is 229 Å². The van der Waals surface area contributed by atoms with Crippen LogP contribution >= 0.6 is 0 Å². The van der Waals surface area contributed by atoms with Crippen molar-refractivity contribution in [2.24, 2.45) is 16.7 Å². The van der Waals surface area contributed by atoms with E-state index in [2.05, 4.69) is 0 Å². The second kappa shape index (κ2) is 10.1. The highest BCUT2D eigenvalue weighted by atomic mass is 32.2. The van der Waals surface area contributed by atoms with Gasteiger partial charge in [-0.3, -0.25) is 9.08 Å². The Bertz CT molecular complexity index is 1130. The molecule has 0 aromatic heterocycles. The van der Waals surface area contributed by atoms with Crippen molar-refractivity contribution in [3.05, 3.63) is 29.8 Å². The molecule has 0 bridgehead atoms. The van der Waals surface area contributed by atoms with Crippen molar-refractivity contribution in [1.82, 2.24) is 4.90 Å². The van der Waals surface area contributed by atoms with Crippen LogP contribution in [-0.4, -0.2) is 54.8 Å². The minimum Gasteiger partial charge on any atom is -0.458 e. The summed E-state index contributed by atoms with van der Waals surface area (Å²) in [5.74, 6) is -1.39. The summed E-state index contributed by atoms with van der Waals surface area (Å²) in [5.41, 5.74) is -3.98. The number of hydrogen-bond acceptors (Lipinski definition) is 7. The molecule has 1 aliphatic heterocycles. The summed E-state index contributed by atoms with van der Waals surface area (Å²) >= 11 is 0. The summed E-state index contributed by atoms with van der Waals surface area (Å²) in [6.07, 6.45) is -1.77. The normalized spacial score (nSPS) is 23.3. The van der Waals surface area contributed by atoms with Gasteiger partial charge in [0.2, 0.25) is 0 Å². The first-order chi connectivity index (χ1) is 16.8. The first-order valence-corrected chi connectivity index (χ1v) is 14.5. The predicted molar refractivity (Wildman–Crippen MR) is 147 cm³/mol. The van der Waals surface area contributed by atoms with Gasteiger partial charge in [0.15, 0.2) is 5.54 Å². The summed E-state index contributed by atoms with van der Waals surface area (Å²) in [5, 5.41) is 0. The van der Waals surface area contributed by atoms with Crippen LogP contribution in [0.5, 0.6) is 0 Å². The molecule has 1 saturated heterocycles.